The largest absolute Gasteiger partial charge is 0.455 e. The highest BCUT2D eigenvalue weighted by Crippen LogP contribution is 2.19. The Kier molecular flexibility index (Phi) is 6.57. The molecule has 0 aliphatic carbocycles. The van der Waals surface area contributed by atoms with Crippen molar-refractivity contribution in [3.8, 4) is 11.8 Å². The summed E-state index contributed by atoms with van der Waals surface area (Å²) in [6.45, 7) is 8.62. The van der Waals surface area contributed by atoms with Crippen molar-refractivity contribution >= 4 is 11.9 Å². The molecule has 1 amide bonds. The zero-order valence-electron chi connectivity index (χ0n) is 16.9. The molecule has 0 bridgehead atoms. The van der Waals surface area contributed by atoms with Crippen molar-refractivity contribution in [2.45, 2.75) is 46.6 Å². The van der Waals surface area contributed by atoms with Gasteiger partial charge >= 0.3 is 5.97 Å². The van der Waals surface area contributed by atoms with Gasteiger partial charge in [0.1, 0.15) is 5.54 Å². The predicted molar refractivity (Wildman–Crippen MR) is 105 cm³/mol. The molecular formula is C21H26N4O3. The number of carbonyl (C=O) groups excluding carboxylic acids is 2. The predicted octanol–water partition coefficient (Wildman–Crippen LogP) is 2.63. The van der Waals surface area contributed by atoms with Gasteiger partial charge in [-0.1, -0.05) is 32.0 Å². The number of nitrogens with zero attached hydrogens (tertiary/aromatic N) is 3. The summed E-state index contributed by atoms with van der Waals surface area (Å²) in [5.74, 6) is -1.09. The van der Waals surface area contributed by atoms with Crippen LogP contribution in [0.25, 0.3) is 5.69 Å². The summed E-state index contributed by atoms with van der Waals surface area (Å²) in [4.78, 5) is 24.3. The van der Waals surface area contributed by atoms with Crippen molar-refractivity contribution in [1.82, 2.24) is 15.1 Å². The van der Waals surface area contributed by atoms with Crippen LogP contribution < -0.4 is 5.32 Å². The van der Waals surface area contributed by atoms with Crippen molar-refractivity contribution < 1.29 is 14.3 Å². The lowest BCUT2D eigenvalue weighted by Crippen LogP contribution is -2.50. The van der Waals surface area contributed by atoms with Gasteiger partial charge in [0.15, 0.2) is 6.61 Å². The lowest BCUT2D eigenvalue weighted by atomic mass is 9.90. The molecule has 0 aliphatic heterocycles. The summed E-state index contributed by atoms with van der Waals surface area (Å²) in [6.07, 6.45) is 0.0253. The van der Waals surface area contributed by atoms with Gasteiger partial charge in [0, 0.05) is 11.3 Å². The number of nitriles is 1. The molecule has 0 unspecified atom stereocenters. The average Bonchev–Trinajstić information content (AvgIpc) is 2.95. The van der Waals surface area contributed by atoms with Crippen LogP contribution >= 0.6 is 0 Å². The molecule has 0 radical (unpaired) electrons. The van der Waals surface area contributed by atoms with E-state index in [1.807, 2.05) is 58.0 Å². The fourth-order valence-corrected chi connectivity index (χ4v) is 2.72. The Labute approximate surface area is 165 Å². The number of aryl methyl sites for hydroxylation is 1. The van der Waals surface area contributed by atoms with E-state index in [2.05, 4.69) is 16.5 Å². The summed E-state index contributed by atoms with van der Waals surface area (Å²) >= 11 is 0. The third kappa shape index (κ3) is 4.77. The van der Waals surface area contributed by atoms with E-state index in [4.69, 9.17) is 4.74 Å². The van der Waals surface area contributed by atoms with Crippen LogP contribution in [0.2, 0.25) is 0 Å². The highest BCUT2D eigenvalue weighted by molar-refractivity contribution is 5.82. The smallest absolute Gasteiger partial charge is 0.310 e. The van der Waals surface area contributed by atoms with Gasteiger partial charge in [0.25, 0.3) is 5.91 Å². The van der Waals surface area contributed by atoms with Crippen LogP contribution in [0.4, 0.5) is 0 Å². The average molecular weight is 382 g/mol. The van der Waals surface area contributed by atoms with Gasteiger partial charge in [-0.15, -0.1) is 0 Å². The van der Waals surface area contributed by atoms with E-state index in [1.54, 1.807) is 11.6 Å². The van der Waals surface area contributed by atoms with E-state index in [0.29, 0.717) is 0 Å². The van der Waals surface area contributed by atoms with Gasteiger partial charge in [-0.2, -0.15) is 10.4 Å². The minimum atomic E-state index is -1.01. The second kappa shape index (κ2) is 8.70. The molecule has 1 atom stereocenters. The van der Waals surface area contributed by atoms with E-state index < -0.39 is 24.0 Å². The number of hydrogen-bond acceptors (Lipinski definition) is 5. The Hall–Kier alpha value is -3.14. The van der Waals surface area contributed by atoms with Gasteiger partial charge in [-0.3, -0.25) is 9.59 Å². The Bertz CT molecular complexity index is 896. The zero-order valence-corrected chi connectivity index (χ0v) is 16.9. The third-order valence-corrected chi connectivity index (χ3v) is 4.91. The van der Waals surface area contributed by atoms with Crippen molar-refractivity contribution in [3.63, 3.8) is 0 Å². The van der Waals surface area contributed by atoms with Gasteiger partial charge < -0.3 is 10.1 Å². The zero-order chi connectivity index (χ0) is 20.9. The molecule has 7 nitrogen and oxygen atoms in total. The fraction of sp³-hybridized carbons (Fsp3) is 0.429. The number of ether oxygens (including phenoxy) is 1. The number of benzene rings is 1. The maximum atomic E-state index is 12.2. The maximum absolute atomic E-state index is 12.2. The van der Waals surface area contributed by atoms with Gasteiger partial charge in [-0.25, -0.2) is 4.68 Å². The molecule has 0 saturated heterocycles. The summed E-state index contributed by atoms with van der Waals surface area (Å²) < 4.78 is 6.89. The van der Waals surface area contributed by atoms with Crippen molar-refractivity contribution in [2.75, 3.05) is 6.61 Å². The second-order valence-corrected chi connectivity index (χ2v) is 7.25. The molecule has 28 heavy (non-hydrogen) atoms. The van der Waals surface area contributed by atoms with Gasteiger partial charge in [-0.05, 0) is 38.8 Å². The van der Waals surface area contributed by atoms with Crippen LogP contribution in [0, 0.1) is 31.1 Å². The Morgan fingerprint density at radius 2 is 1.93 bits per heavy atom. The first kappa shape index (κ1) is 21.2. The molecule has 0 saturated carbocycles. The Balaban J connectivity index is 2.00. The number of rotatable bonds is 7. The summed E-state index contributed by atoms with van der Waals surface area (Å²) in [7, 11) is 0. The van der Waals surface area contributed by atoms with E-state index in [0.717, 1.165) is 22.6 Å². The van der Waals surface area contributed by atoms with Crippen LogP contribution in [-0.4, -0.2) is 33.8 Å². The Morgan fingerprint density at radius 1 is 1.29 bits per heavy atom. The SMILES string of the molecule is Cc1nn(-c2ccccc2)c(C)c1CC(=O)OCC(=O)N[C@](C)(C#N)C(C)C. The van der Waals surface area contributed by atoms with Gasteiger partial charge in [0.2, 0.25) is 0 Å². The molecule has 2 rings (SSSR count). The molecule has 0 spiro atoms. The molecule has 7 heteroatoms. The standard InChI is InChI=1S/C21H26N4O3/c1-14(2)21(5,13-22)23-19(26)12-28-20(27)11-18-15(3)24-25(16(18)4)17-9-7-6-8-10-17/h6-10,14H,11-12H2,1-5H3,(H,23,26)/t21-/m1/s1. The minimum Gasteiger partial charge on any atom is -0.455 e. The maximum Gasteiger partial charge on any atom is 0.310 e. The van der Waals surface area contributed by atoms with E-state index in [9.17, 15) is 14.9 Å². The molecule has 1 N–H and O–H groups in total. The van der Waals surface area contributed by atoms with E-state index in [-0.39, 0.29) is 12.3 Å². The van der Waals surface area contributed by atoms with E-state index >= 15 is 0 Å². The number of esters is 1. The molecule has 1 aromatic heterocycles. The van der Waals surface area contributed by atoms with Crippen LogP contribution in [-0.2, 0) is 20.7 Å². The fourth-order valence-electron chi connectivity index (χ4n) is 2.72. The number of aromatic nitrogens is 2. The van der Waals surface area contributed by atoms with Crippen LogP contribution in [0.3, 0.4) is 0 Å². The van der Waals surface area contributed by atoms with Crippen molar-refractivity contribution in [3.05, 3.63) is 47.3 Å². The summed E-state index contributed by atoms with van der Waals surface area (Å²) in [5.41, 5.74) is 2.26. The van der Waals surface area contributed by atoms with E-state index in [1.165, 1.54) is 0 Å². The van der Waals surface area contributed by atoms with Crippen LogP contribution in [0.5, 0.6) is 0 Å². The van der Waals surface area contributed by atoms with Crippen LogP contribution in [0.15, 0.2) is 30.3 Å². The minimum absolute atomic E-state index is 0.0253. The summed E-state index contributed by atoms with van der Waals surface area (Å²) in [6, 6.07) is 11.7. The lowest BCUT2D eigenvalue weighted by molar-refractivity contribution is -0.148. The molecule has 0 fully saturated rings. The molecule has 2 aromatic rings. The van der Waals surface area contributed by atoms with Crippen molar-refractivity contribution in [1.29, 1.82) is 5.26 Å². The number of carbonyl (C=O) groups is 2. The molecule has 1 heterocycles. The monoisotopic (exact) mass is 382 g/mol. The number of amides is 1. The topological polar surface area (TPSA) is 97.0 Å². The third-order valence-electron chi connectivity index (χ3n) is 4.91. The lowest BCUT2D eigenvalue weighted by Gasteiger charge is -2.27. The van der Waals surface area contributed by atoms with Gasteiger partial charge in [0.05, 0.1) is 23.9 Å². The Morgan fingerprint density at radius 3 is 2.50 bits per heavy atom. The second-order valence-electron chi connectivity index (χ2n) is 7.25. The molecule has 148 valence electrons. The first-order valence-electron chi connectivity index (χ1n) is 9.16. The number of hydrogen-bond donors (Lipinski definition) is 1. The van der Waals surface area contributed by atoms with Crippen LogP contribution in [0.1, 0.15) is 37.7 Å². The number of nitrogens with one attached hydrogen (secondary N) is 1. The first-order valence-corrected chi connectivity index (χ1v) is 9.16. The highest BCUT2D eigenvalue weighted by Gasteiger charge is 2.30. The highest BCUT2D eigenvalue weighted by atomic mass is 16.5. The first-order chi connectivity index (χ1) is 13.2. The normalized spacial score (nSPS) is 12.9. The molecule has 0 aliphatic rings. The molecular weight excluding hydrogens is 356 g/mol. The quantitative estimate of drug-likeness (QED) is 0.743. The summed E-state index contributed by atoms with van der Waals surface area (Å²) in [5, 5.41) is 16.4. The van der Waals surface area contributed by atoms with Crippen molar-refractivity contribution in [2.24, 2.45) is 5.92 Å². The number of para-hydroxylation sites is 1. The molecule has 1 aromatic carbocycles.